The van der Waals surface area contributed by atoms with E-state index in [9.17, 15) is 19.2 Å². The number of ether oxygens (including phenoxy) is 1. The van der Waals surface area contributed by atoms with Gasteiger partial charge >= 0.3 is 12.1 Å². The van der Waals surface area contributed by atoms with Crippen LogP contribution in [0.3, 0.4) is 0 Å². The van der Waals surface area contributed by atoms with Gasteiger partial charge in [0.15, 0.2) is 0 Å². The summed E-state index contributed by atoms with van der Waals surface area (Å²) in [5.41, 5.74) is 1.01. The maximum absolute atomic E-state index is 14.6. The topological polar surface area (TPSA) is 136 Å². The van der Waals surface area contributed by atoms with Crippen molar-refractivity contribution < 1.29 is 23.9 Å². The number of para-hydroxylation sites is 2. The Bertz CT molecular complexity index is 1660. The van der Waals surface area contributed by atoms with Crippen LogP contribution >= 0.6 is 0 Å². The third-order valence-corrected chi connectivity index (χ3v) is 8.79. The van der Waals surface area contributed by atoms with Gasteiger partial charge in [-0.3, -0.25) is 14.5 Å². The van der Waals surface area contributed by atoms with Gasteiger partial charge in [-0.15, -0.1) is 0 Å². The molecular weight excluding hydrogens is 596 g/mol. The molecule has 47 heavy (non-hydrogen) atoms. The van der Waals surface area contributed by atoms with Crippen molar-refractivity contribution in [2.45, 2.75) is 103 Å². The number of alkyl carbamates (subject to hydrolysis) is 1. The summed E-state index contributed by atoms with van der Waals surface area (Å²) in [6.07, 6.45) is 3.44. The van der Waals surface area contributed by atoms with E-state index in [1.54, 1.807) is 39.5 Å². The highest BCUT2D eigenvalue weighted by Gasteiger charge is 2.50. The zero-order valence-electron chi connectivity index (χ0n) is 28.5. The fraction of sp³-hybridized carbons (Fsp3) is 0.500. The van der Waals surface area contributed by atoms with Gasteiger partial charge in [0.1, 0.15) is 17.2 Å². The van der Waals surface area contributed by atoms with Gasteiger partial charge in [-0.2, -0.15) is 0 Å². The van der Waals surface area contributed by atoms with Crippen LogP contribution in [0.2, 0.25) is 0 Å². The number of likely N-dealkylation sites (tertiary alicyclic amines) is 1. The fourth-order valence-corrected chi connectivity index (χ4v) is 6.73. The Labute approximate surface area is 276 Å². The van der Waals surface area contributed by atoms with Gasteiger partial charge in [-0.25, -0.2) is 9.59 Å². The molecule has 11 nitrogen and oxygen atoms in total. The van der Waals surface area contributed by atoms with Crippen molar-refractivity contribution in [3.63, 3.8) is 0 Å². The first kappa shape index (κ1) is 33.8. The number of fused-ring (bicyclic) bond motifs is 2. The second-order valence-corrected chi connectivity index (χ2v) is 14.7. The molecule has 2 aliphatic heterocycles. The third kappa shape index (κ3) is 7.39. The lowest BCUT2D eigenvalue weighted by atomic mass is 9.84. The normalized spacial score (nSPS) is 18.6. The van der Waals surface area contributed by atoms with E-state index in [0.717, 1.165) is 34.1 Å². The van der Waals surface area contributed by atoms with Gasteiger partial charge in [0.25, 0.3) is 0 Å². The number of hydrogen-bond donors (Lipinski definition) is 4. The summed E-state index contributed by atoms with van der Waals surface area (Å²) < 4.78 is 5.39. The van der Waals surface area contributed by atoms with E-state index in [1.807, 2.05) is 73.5 Å². The van der Waals surface area contributed by atoms with Crippen molar-refractivity contribution in [1.29, 1.82) is 0 Å². The SMILES string of the molecule is CC(C)NC(=O)N1c2ccccc2CC12CCCN(C(=O)[C@@H](Cc1c[nH]c3ccccc13)NC(=O)C(C)(C)NC(=O)OC(C)(C)C)C2. The minimum Gasteiger partial charge on any atom is -0.444 e. The maximum Gasteiger partial charge on any atom is 0.408 e. The Morgan fingerprint density at radius 2 is 1.68 bits per heavy atom. The van der Waals surface area contributed by atoms with Crippen LogP contribution in [0.15, 0.2) is 54.7 Å². The number of nitrogens with zero attached hydrogens (tertiary/aromatic N) is 2. The number of piperidine rings is 1. The Morgan fingerprint density at radius 1 is 0.979 bits per heavy atom. The summed E-state index contributed by atoms with van der Waals surface area (Å²) in [6.45, 7) is 13.1. The van der Waals surface area contributed by atoms with Gasteiger partial charge in [0.2, 0.25) is 11.8 Å². The number of urea groups is 1. The van der Waals surface area contributed by atoms with Crippen molar-refractivity contribution in [3.8, 4) is 0 Å². The first-order valence-electron chi connectivity index (χ1n) is 16.4. The number of H-pyrrole nitrogens is 1. The molecule has 0 saturated carbocycles. The van der Waals surface area contributed by atoms with Gasteiger partial charge < -0.3 is 30.6 Å². The summed E-state index contributed by atoms with van der Waals surface area (Å²) >= 11 is 0. The molecule has 4 N–H and O–H groups in total. The van der Waals surface area contributed by atoms with Crippen molar-refractivity contribution in [1.82, 2.24) is 25.8 Å². The molecule has 2 aromatic carbocycles. The van der Waals surface area contributed by atoms with Crippen molar-refractivity contribution in [3.05, 3.63) is 65.9 Å². The smallest absolute Gasteiger partial charge is 0.408 e. The van der Waals surface area contributed by atoms with Crippen LogP contribution in [0.25, 0.3) is 10.9 Å². The van der Waals surface area contributed by atoms with E-state index in [2.05, 4.69) is 20.9 Å². The number of anilines is 1. The van der Waals surface area contributed by atoms with Crippen LogP contribution in [0, 0.1) is 0 Å². The summed E-state index contributed by atoms with van der Waals surface area (Å²) in [4.78, 5) is 61.5. The van der Waals surface area contributed by atoms with Gasteiger partial charge in [0.05, 0.1) is 5.54 Å². The molecule has 0 aliphatic carbocycles. The minimum atomic E-state index is -1.37. The standard InChI is InChI=1S/C36H48N6O5/c1-23(2)38-32(45)42-29-16-11-8-13-24(29)20-36(42)17-12-18-41(22-36)30(43)28(19-25-21-37-27-15-10-9-14-26(25)27)39-31(44)35(6,7)40-33(46)47-34(3,4)5/h8-11,13-16,21,23,28,37H,12,17-20,22H2,1-7H3,(H,38,45)(H,39,44)(H,40,46)/t28-,36?/m1/s1. The lowest BCUT2D eigenvalue weighted by Gasteiger charge is -2.46. The predicted molar refractivity (Wildman–Crippen MR) is 182 cm³/mol. The number of rotatable bonds is 7. The molecule has 1 spiro atoms. The molecule has 1 unspecified atom stereocenters. The molecule has 1 saturated heterocycles. The highest BCUT2D eigenvalue weighted by Crippen LogP contribution is 2.44. The first-order chi connectivity index (χ1) is 22.1. The lowest BCUT2D eigenvalue weighted by molar-refractivity contribution is -0.139. The number of benzene rings is 2. The Balaban J connectivity index is 1.43. The highest BCUT2D eigenvalue weighted by molar-refractivity contribution is 5.97. The van der Waals surface area contributed by atoms with E-state index >= 15 is 0 Å². The molecule has 252 valence electrons. The van der Waals surface area contributed by atoms with Crippen LogP contribution in [0.4, 0.5) is 15.3 Å². The molecule has 1 aromatic heterocycles. The average Bonchev–Trinajstić information content (AvgIpc) is 3.52. The number of carbonyl (C=O) groups is 4. The average molecular weight is 645 g/mol. The van der Waals surface area contributed by atoms with Crippen molar-refractivity contribution >= 4 is 40.5 Å². The molecule has 2 aliphatic rings. The van der Waals surface area contributed by atoms with Gasteiger partial charge in [-0.1, -0.05) is 36.4 Å². The van der Waals surface area contributed by atoms with Crippen LogP contribution < -0.4 is 20.9 Å². The Hall–Kier alpha value is -4.54. The van der Waals surface area contributed by atoms with E-state index in [4.69, 9.17) is 4.74 Å². The number of amides is 5. The molecule has 1 fully saturated rings. The number of aromatic nitrogens is 1. The monoisotopic (exact) mass is 644 g/mol. The zero-order chi connectivity index (χ0) is 34.1. The third-order valence-electron chi connectivity index (χ3n) is 8.79. The highest BCUT2D eigenvalue weighted by atomic mass is 16.6. The molecule has 5 amide bonds. The van der Waals surface area contributed by atoms with Crippen molar-refractivity contribution in [2.75, 3.05) is 18.0 Å². The van der Waals surface area contributed by atoms with Gasteiger partial charge in [0, 0.05) is 48.3 Å². The summed E-state index contributed by atoms with van der Waals surface area (Å²) in [7, 11) is 0. The number of carbonyl (C=O) groups excluding carboxylic acids is 4. The van der Waals surface area contributed by atoms with Gasteiger partial charge in [-0.05, 0) is 91.0 Å². The molecule has 2 atom stereocenters. The molecule has 3 heterocycles. The Morgan fingerprint density at radius 3 is 2.40 bits per heavy atom. The van der Waals surface area contributed by atoms with E-state index < -0.39 is 34.7 Å². The second kappa shape index (κ2) is 12.9. The fourth-order valence-electron chi connectivity index (χ4n) is 6.73. The van der Waals surface area contributed by atoms with Crippen LogP contribution in [-0.2, 0) is 27.2 Å². The largest absolute Gasteiger partial charge is 0.444 e. The van der Waals surface area contributed by atoms with E-state index in [1.165, 1.54) is 0 Å². The lowest BCUT2D eigenvalue weighted by Crippen LogP contribution is -2.65. The van der Waals surface area contributed by atoms with Crippen LogP contribution in [-0.4, -0.2) is 75.7 Å². The summed E-state index contributed by atoms with van der Waals surface area (Å²) in [6, 6.07) is 14.6. The molecule has 5 rings (SSSR count). The molecular formula is C36H48N6O5. The van der Waals surface area contributed by atoms with E-state index in [-0.39, 0.29) is 24.4 Å². The molecule has 0 radical (unpaired) electrons. The molecule has 3 aromatic rings. The van der Waals surface area contributed by atoms with Crippen LogP contribution in [0.1, 0.15) is 72.4 Å². The minimum absolute atomic E-state index is 0.0537. The first-order valence-corrected chi connectivity index (χ1v) is 16.4. The summed E-state index contributed by atoms with van der Waals surface area (Å²) in [5.74, 6) is -0.754. The maximum atomic E-state index is 14.6. The predicted octanol–water partition coefficient (Wildman–Crippen LogP) is 5.04. The zero-order valence-corrected chi connectivity index (χ0v) is 28.5. The Kier molecular flexibility index (Phi) is 9.30. The molecule has 0 bridgehead atoms. The molecule has 11 heteroatoms. The van der Waals surface area contributed by atoms with E-state index in [0.29, 0.717) is 25.9 Å². The number of nitrogens with one attached hydrogen (secondary N) is 4. The summed E-state index contributed by atoms with van der Waals surface area (Å²) in [5, 5.41) is 9.65. The number of hydrogen-bond acceptors (Lipinski definition) is 5. The quantitative estimate of drug-likeness (QED) is 0.286. The second-order valence-electron chi connectivity index (χ2n) is 14.7. The van der Waals surface area contributed by atoms with Crippen LogP contribution in [0.5, 0.6) is 0 Å². The van der Waals surface area contributed by atoms with Crippen molar-refractivity contribution in [2.24, 2.45) is 0 Å². The number of aromatic amines is 1.